The zero-order valence-corrected chi connectivity index (χ0v) is 33.2. The summed E-state index contributed by atoms with van der Waals surface area (Å²) in [5.74, 6) is -3.43. The third-order valence-corrected chi connectivity index (χ3v) is 11.1. The van der Waals surface area contributed by atoms with Crippen LogP contribution < -0.4 is 0 Å². The van der Waals surface area contributed by atoms with Gasteiger partial charge in [0, 0.05) is 37.8 Å². The van der Waals surface area contributed by atoms with Crippen LogP contribution >= 0.6 is 0 Å². The largest absolute Gasteiger partial charge is 0.509 e. The summed E-state index contributed by atoms with van der Waals surface area (Å²) in [5.41, 5.74) is -2.97. The Morgan fingerprint density at radius 1 is 1.08 bits per heavy atom. The SMILES string of the molecule is CC[C@H]1OC(=O)[C@H](C)[C@@H](OC(=O)n2ccnc2)[C@H](C)[C@@H](O[C@@H]2O[C@H](C)C[C@H](N(C)C)[C@H]2OC(C)=O)[C@](C)(O)C[C@@H](C)CN(C)[C@H](C)[C@H]2OC(=O)O[C@@]21C. The Bertz CT molecular complexity index is 1420. The van der Waals surface area contributed by atoms with Crippen molar-refractivity contribution in [3.63, 3.8) is 0 Å². The summed E-state index contributed by atoms with van der Waals surface area (Å²) in [6, 6.07) is -0.662. The molecule has 4 heterocycles. The van der Waals surface area contributed by atoms with E-state index in [2.05, 4.69) is 4.98 Å². The number of cyclic esters (lactones) is 1. The summed E-state index contributed by atoms with van der Waals surface area (Å²) in [6.07, 6.45) is -2.96. The van der Waals surface area contributed by atoms with E-state index in [1.54, 1.807) is 27.7 Å². The van der Waals surface area contributed by atoms with Crippen LogP contribution in [0.5, 0.6) is 0 Å². The average molecular weight is 753 g/mol. The number of carbonyl (C=O) groups is 4. The van der Waals surface area contributed by atoms with Crippen molar-refractivity contribution in [2.24, 2.45) is 17.8 Å². The minimum absolute atomic E-state index is 0.167. The van der Waals surface area contributed by atoms with Gasteiger partial charge in [-0.25, -0.2) is 19.1 Å². The fourth-order valence-corrected chi connectivity index (χ4v) is 8.39. The topological polar surface area (TPSA) is 177 Å². The predicted molar refractivity (Wildman–Crippen MR) is 190 cm³/mol. The highest BCUT2D eigenvalue weighted by Gasteiger charge is 2.58. The molecule has 3 fully saturated rings. The number of fused-ring (bicyclic) bond motifs is 1. The molecule has 0 spiro atoms. The molecule has 300 valence electrons. The fraction of sp³-hybridized carbons (Fsp3) is 0.811. The Kier molecular flexibility index (Phi) is 13.6. The molecule has 16 nitrogen and oxygen atoms in total. The van der Waals surface area contributed by atoms with Crippen molar-refractivity contribution in [1.82, 2.24) is 19.4 Å². The van der Waals surface area contributed by atoms with Gasteiger partial charge in [0.15, 0.2) is 24.1 Å². The summed E-state index contributed by atoms with van der Waals surface area (Å²) < 4.78 is 43.8. The van der Waals surface area contributed by atoms with Gasteiger partial charge in [-0.1, -0.05) is 20.8 Å². The van der Waals surface area contributed by atoms with Crippen molar-refractivity contribution in [3.05, 3.63) is 18.7 Å². The zero-order valence-electron chi connectivity index (χ0n) is 33.2. The van der Waals surface area contributed by atoms with Crippen LogP contribution in [0.3, 0.4) is 0 Å². The number of aliphatic hydroxyl groups is 1. The van der Waals surface area contributed by atoms with Crippen LogP contribution in [0, 0.1) is 17.8 Å². The smallest absolute Gasteiger partial charge is 0.458 e. The summed E-state index contributed by atoms with van der Waals surface area (Å²) in [7, 11) is 5.64. The maximum absolute atomic E-state index is 14.2. The maximum Gasteiger partial charge on any atom is 0.509 e. The molecule has 53 heavy (non-hydrogen) atoms. The van der Waals surface area contributed by atoms with Gasteiger partial charge in [0.25, 0.3) is 0 Å². The lowest BCUT2D eigenvalue weighted by Gasteiger charge is -2.47. The summed E-state index contributed by atoms with van der Waals surface area (Å²) in [4.78, 5) is 60.7. The van der Waals surface area contributed by atoms with E-state index in [1.807, 2.05) is 58.6 Å². The molecule has 1 aromatic rings. The van der Waals surface area contributed by atoms with E-state index in [1.165, 1.54) is 25.6 Å². The minimum Gasteiger partial charge on any atom is -0.458 e. The molecule has 1 aromatic heterocycles. The Morgan fingerprint density at radius 3 is 2.34 bits per heavy atom. The molecule has 0 amide bonds. The summed E-state index contributed by atoms with van der Waals surface area (Å²) >= 11 is 0. The van der Waals surface area contributed by atoms with Crippen LogP contribution in [-0.4, -0.2) is 143 Å². The van der Waals surface area contributed by atoms with Crippen LogP contribution in [-0.2, 0) is 42.7 Å². The van der Waals surface area contributed by atoms with Crippen molar-refractivity contribution in [2.75, 3.05) is 27.7 Å². The van der Waals surface area contributed by atoms with Gasteiger partial charge in [0.05, 0.1) is 29.8 Å². The van der Waals surface area contributed by atoms with Crippen LogP contribution in [0.15, 0.2) is 18.7 Å². The second kappa shape index (κ2) is 17.0. The zero-order chi connectivity index (χ0) is 39.6. The van der Waals surface area contributed by atoms with Crippen molar-refractivity contribution < 1.29 is 57.4 Å². The summed E-state index contributed by atoms with van der Waals surface area (Å²) in [6.45, 7) is 16.0. The van der Waals surface area contributed by atoms with Gasteiger partial charge in [-0.05, 0) is 80.9 Å². The molecule has 0 aliphatic carbocycles. The van der Waals surface area contributed by atoms with E-state index in [-0.39, 0.29) is 36.9 Å². The third-order valence-electron chi connectivity index (χ3n) is 11.1. The number of rotatable bonds is 6. The van der Waals surface area contributed by atoms with E-state index in [0.29, 0.717) is 13.0 Å². The number of esters is 2. The molecule has 3 aliphatic heterocycles. The predicted octanol–water partition coefficient (Wildman–Crippen LogP) is 3.62. The second-order valence-electron chi connectivity index (χ2n) is 15.9. The molecule has 16 heteroatoms. The number of hydrogen-bond donors (Lipinski definition) is 1. The van der Waals surface area contributed by atoms with Gasteiger partial charge in [-0.3, -0.25) is 14.5 Å². The molecule has 14 atom stereocenters. The van der Waals surface area contributed by atoms with Gasteiger partial charge in [0.1, 0.15) is 18.5 Å². The number of hydrogen-bond acceptors (Lipinski definition) is 15. The Balaban J connectivity index is 1.84. The van der Waals surface area contributed by atoms with E-state index >= 15 is 0 Å². The van der Waals surface area contributed by atoms with Gasteiger partial charge in [-0.2, -0.15) is 0 Å². The van der Waals surface area contributed by atoms with Gasteiger partial charge in [0.2, 0.25) is 0 Å². The normalized spacial score (nSPS) is 40.6. The molecule has 0 bridgehead atoms. The lowest BCUT2D eigenvalue weighted by Crippen LogP contribution is -2.60. The molecule has 1 N–H and O–H groups in total. The van der Waals surface area contributed by atoms with Crippen LogP contribution in [0.25, 0.3) is 0 Å². The Hall–Kier alpha value is -3.31. The van der Waals surface area contributed by atoms with Crippen LogP contribution in [0.1, 0.15) is 81.6 Å². The number of nitrogens with zero attached hydrogens (tertiary/aromatic N) is 4. The second-order valence-corrected chi connectivity index (χ2v) is 15.9. The highest BCUT2D eigenvalue weighted by Crippen LogP contribution is 2.40. The van der Waals surface area contributed by atoms with E-state index in [0.717, 1.165) is 4.57 Å². The average Bonchev–Trinajstić information content (AvgIpc) is 3.71. The molecular formula is C37H60N4O12. The number of likely N-dealkylation sites (N-methyl/N-ethyl adjacent to an activating group) is 2. The first kappa shape index (κ1) is 42.4. The molecule has 3 saturated heterocycles. The molecule has 0 aromatic carbocycles. The molecule has 4 rings (SSSR count). The maximum atomic E-state index is 14.2. The van der Waals surface area contributed by atoms with Crippen molar-refractivity contribution >= 4 is 24.2 Å². The monoisotopic (exact) mass is 752 g/mol. The van der Waals surface area contributed by atoms with Gasteiger partial charge in [-0.15, -0.1) is 0 Å². The molecule has 0 saturated carbocycles. The Labute approximate surface area is 312 Å². The van der Waals surface area contributed by atoms with Crippen molar-refractivity contribution in [3.8, 4) is 0 Å². The van der Waals surface area contributed by atoms with E-state index in [4.69, 9.17) is 33.2 Å². The first-order valence-corrected chi connectivity index (χ1v) is 18.6. The third kappa shape index (κ3) is 9.50. The number of aromatic nitrogens is 2. The highest BCUT2D eigenvalue weighted by molar-refractivity contribution is 5.75. The first-order chi connectivity index (χ1) is 24.7. The van der Waals surface area contributed by atoms with Gasteiger partial charge < -0.3 is 43.2 Å². The van der Waals surface area contributed by atoms with Crippen molar-refractivity contribution in [1.29, 1.82) is 0 Å². The molecular weight excluding hydrogens is 692 g/mol. The lowest BCUT2D eigenvalue weighted by atomic mass is 9.77. The fourth-order valence-electron chi connectivity index (χ4n) is 8.39. The number of carbonyl (C=O) groups excluding carboxylic acids is 4. The number of imidazole rings is 1. The standard InChI is InChI=1S/C37H60N4O12/c1-13-27-37(9)31(52-35(45)53-37)24(6)40(12)18-20(2)17-36(8,46)30(51-33-29(48-25(7)42)26(39(10)11)16-21(3)47-33)22(4)28(23(5)32(43)49-27)50-34(44)41-15-14-38-19-41/h14-15,19-24,26-31,33,46H,13,16-18H2,1-12H3/t20-,21-,22+,23-,24-,26+,27-,28+,29-,30-,31-,33+,36-,37-/m1/s1. The Morgan fingerprint density at radius 2 is 1.75 bits per heavy atom. The van der Waals surface area contributed by atoms with E-state index in [9.17, 15) is 24.3 Å². The number of ether oxygens (including phenoxy) is 7. The van der Waals surface area contributed by atoms with Gasteiger partial charge >= 0.3 is 24.2 Å². The lowest BCUT2D eigenvalue weighted by molar-refractivity contribution is -0.301. The van der Waals surface area contributed by atoms with Crippen LogP contribution in [0.2, 0.25) is 0 Å². The van der Waals surface area contributed by atoms with Crippen LogP contribution in [0.4, 0.5) is 9.59 Å². The first-order valence-electron chi connectivity index (χ1n) is 18.6. The highest BCUT2D eigenvalue weighted by atomic mass is 16.8. The molecule has 0 radical (unpaired) electrons. The van der Waals surface area contributed by atoms with Crippen molar-refractivity contribution in [2.45, 2.75) is 148 Å². The molecule has 3 aliphatic rings. The summed E-state index contributed by atoms with van der Waals surface area (Å²) in [5, 5.41) is 12.5. The minimum atomic E-state index is -1.63. The quantitative estimate of drug-likeness (QED) is 0.329. The molecule has 0 unspecified atom stereocenters. The van der Waals surface area contributed by atoms with E-state index < -0.39 is 84.0 Å².